The molecule has 27 heavy (non-hydrogen) atoms. The zero-order valence-electron chi connectivity index (χ0n) is 16.0. The number of carbonyl (C=O) groups is 1. The van der Waals surface area contributed by atoms with Crippen LogP contribution in [0.3, 0.4) is 0 Å². The molecule has 1 aliphatic heterocycles. The molecule has 7 nitrogen and oxygen atoms in total. The zero-order valence-corrected chi connectivity index (χ0v) is 16.0. The summed E-state index contributed by atoms with van der Waals surface area (Å²) in [7, 11) is 1.88. The molecule has 0 aliphatic carbocycles. The third-order valence-corrected chi connectivity index (χ3v) is 5.11. The summed E-state index contributed by atoms with van der Waals surface area (Å²) in [5, 5.41) is 13.1. The van der Waals surface area contributed by atoms with Gasteiger partial charge in [-0.2, -0.15) is 5.10 Å². The lowest BCUT2D eigenvalue weighted by Crippen LogP contribution is -2.41. The van der Waals surface area contributed by atoms with Crippen molar-refractivity contribution in [2.45, 2.75) is 39.3 Å². The van der Waals surface area contributed by atoms with Gasteiger partial charge in [-0.3, -0.25) is 9.48 Å². The molecule has 0 spiro atoms. The van der Waals surface area contributed by atoms with E-state index >= 15 is 0 Å². The van der Waals surface area contributed by atoms with Crippen LogP contribution >= 0.6 is 0 Å². The van der Waals surface area contributed by atoms with Crippen LogP contribution in [-0.4, -0.2) is 41.9 Å². The van der Waals surface area contributed by atoms with Gasteiger partial charge in [0.1, 0.15) is 5.82 Å². The number of aryl methyl sites for hydroxylation is 2. The molecule has 0 radical (unpaired) electrons. The summed E-state index contributed by atoms with van der Waals surface area (Å²) < 4.78 is 3.94. The molecule has 2 aromatic heterocycles. The van der Waals surface area contributed by atoms with Crippen LogP contribution in [0.5, 0.6) is 0 Å². The van der Waals surface area contributed by atoms with E-state index in [9.17, 15) is 4.79 Å². The van der Waals surface area contributed by atoms with E-state index in [4.69, 9.17) is 0 Å². The zero-order chi connectivity index (χ0) is 19.0. The topological polar surface area (TPSA) is 68.8 Å². The maximum atomic E-state index is 12.8. The molecule has 0 N–H and O–H groups in total. The van der Waals surface area contributed by atoms with Crippen molar-refractivity contribution < 1.29 is 4.79 Å². The summed E-state index contributed by atoms with van der Waals surface area (Å²) in [5.74, 6) is 1.92. The van der Waals surface area contributed by atoms with Crippen LogP contribution in [0.4, 0.5) is 0 Å². The van der Waals surface area contributed by atoms with Crippen molar-refractivity contribution in [2.75, 3.05) is 6.54 Å². The number of hydrogen-bond acceptors (Lipinski definition) is 4. The van der Waals surface area contributed by atoms with Crippen molar-refractivity contribution in [3.05, 3.63) is 65.0 Å². The number of amides is 1. The van der Waals surface area contributed by atoms with Crippen LogP contribution in [0.25, 0.3) is 0 Å². The Morgan fingerprint density at radius 2 is 2.00 bits per heavy atom. The van der Waals surface area contributed by atoms with Gasteiger partial charge in [-0.25, -0.2) is 0 Å². The highest BCUT2D eigenvalue weighted by molar-refractivity contribution is 5.79. The third kappa shape index (κ3) is 3.49. The van der Waals surface area contributed by atoms with Gasteiger partial charge in [-0.05, 0) is 19.4 Å². The Morgan fingerprint density at radius 1 is 1.22 bits per heavy atom. The molecule has 1 aliphatic rings. The summed E-state index contributed by atoms with van der Waals surface area (Å²) in [6.07, 6.45) is 3.04. The molecular formula is C20H24N6O. The minimum Gasteiger partial charge on any atom is -0.333 e. The van der Waals surface area contributed by atoms with Gasteiger partial charge in [0.15, 0.2) is 5.82 Å². The van der Waals surface area contributed by atoms with Gasteiger partial charge in [-0.15, -0.1) is 10.2 Å². The minimum atomic E-state index is 0.108. The van der Waals surface area contributed by atoms with E-state index in [0.717, 1.165) is 29.3 Å². The van der Waals surface area contributed by atoms with Gasteiger partial charge >= 0.3 is 0 Å². The molecule has 1 aromatic carbocycles. The Morgan fingerprint density at radius 3 is 2.70 bits per heavy atom. The average molecular weight is 364 g/mol. The van der Waals surface area contributed by atoms with Crippen LogP contribution in [0.2, 0.25) is 0 Å². The molecular weight excluding hydrogens is 340 g/mol. The van der Waals surface area contributed by atoms with E-state index in [2.05, 4.69) is 38.9 Å². The second-order valence-electron chi connectivity index (χ2n) is 7.28. The smallest absolute Gasteiger partial charge is 0.227 e. The fourth-order valence-corrected chi connectivity index (χ4v) is 3.80. The molecule has 0 saturated carbocycles. The molecule has 4 rings (SSSR count). The molecule has 1 amide bonds. The number of rotatable bonds is 4. The fourth-order valence-electron chi connectivity index (χ4n) is 3.80. The first kappa shape index (κ1) is 17.5. The van der Waals surface area contributed by atoms with E-state index in [1.807, 2.05) is 43.3 Å². The van der Waals surface area contributed by atoms with Gasteiger partial charge in [0.25, 0.3) is 0 Å². The van der Waals surface area contributed by atoms with Crippen molar-refractivity contribution >= 4 is 5.91 Å². The van der Waals surface area contributed by atoms with Crippen LogP contribution in [0.1, 0.15) is 41.4 Å². The normalized spacial score (nSPS) is 16.4. The number of hydrogen-bond donors (Lipinski definition) is 0. The maximum absolute atomic E-state index is 12.8. The Bertz CT molecular complexity index is 958. The first-order valence-electron chi connectivity index (χ1n) is 9.24. The summed E-state index contributed by atoms with van der Waals surface area (Å²) in [6.45, 7) is 5.24. The number of nitrogens with zero attached hydrogens (tertiary/aromatic N) is 6. The Hall–Kier alpha value is -2.96. The SMILES string of the molecule is Cc1nn(C)cc1CC(=O)N1Cc2nnc(Cc3ccccc3)n2[C@@H](C)C1. The lowest BCUT2D eigenvalue weighted by Gasteiger charge is -2.32. The van der Waals surface area contributed by atoms with Crippen molar-refractivity contribution in [1.82, 2.24) is 29.4 Å². The summed E-state index contributed by atoms with van der Waals surface area (Å²) >= 11 is 0. The monoisotopic (exact) mass is 364 g/mol. The average Bonchev–Trinajstić information content (AvgIpc) is 3.19. The highest BCUT2D eigenvalue weighted by Gasteiger charge is 2.29. The van der Waals surface area contributed by atoms with Crippen molar-refractivity contribution in [3.8, 4) is 0 Å². The highest BCUT2D eigenvalue weighted by atomic mass is 16.2. The van der Waals surface area contributed by atoms with Crippen LogP contribution in [0.15, 0.2) is 36.5 Å². The third-order valence-electron chi connectivity index (χ3n) is 5.11. The number of fused-ring (bicyclic) bond motifs is 1. The Balaban J connectivity index is 1.50. The number of carbonyl (C=O) groups excluding carboxylic acids is 1. The Kier molecular flexibility index (Phi) is 4.51. The molecule has 7 heteroatoms. The van der Waals surface area contributed by atoms with Crippen LogP contribution in [-0.2, 0) is 31.2 Å². The van der Waals surface area contributed by atoms with Gasteiger partial charge in [0.2, 0.25) is 5.91 Å². The Labute approximate surface area is 158 Å². The number of aromatic nitrogens is 5. The molecule has 0 fully saturated rings. The van der Waals surface area contributed by atoms with E-state index in [1.54, 1.807) is 4.68 Å². The molecule has 0 unspecified atom stereocenters. The van der Waals surface area contributed by atoms with E-state index in [-0.39, 0.29) is 11.9 Å². The second kappa shape index (κ2) is 6.98. The molecule has 1 atom stereocenters. The summed E-state index contributed by atoms with van der Waals surface area (Å²) in [6, 6.07) is 10.4. The molecule has 3 heterocycles. The summed E-state index contributed by atoms with van der Waals surface area (Å²) in [5.41, 5.74) is 3.10. The highest BCUT2D eigenvalue weighted by Crippen LogP contribution is 2.23. The quantitative estimate of drug-likeness (QED) is 0.711. The second-order valence-corrected chi connectivity index (χ2v) is 7.28. The molecule has 0 saturated heterocycles. The molecule has 3 aromatic rings. The first-order chi connectivity index (χ1) is 13.0. The lowest BCUT2D eigenvalue weighted by molar-refractivity contribution is -0.132. The van der Waals surface area contributed by atoms with Crippen molar-refractivity contribution in [2.24, 2.45) is 7.05 Å². The van der Waals surface area contributed by atoms with Crippen molar-refractivity contribution in [3.63, 3.8) is 0 Å². The summed E-state index contributed by atoms with van der Waals surface area (Å²) in [4.78, 5) is 14.7. The first-order valence-corrected chi connectivity index (χ1v) is 9.24. The van der Waals surface area contributed by atoms with Crippen LogP contribution in [0, 0.1) is 6.92 Å². The fraction of sp³-hybridized carbons (Fsp3) is 0.400. The lowest BCUT2D eigenvalue weighted by atomic mass is 10.1. The maximum Gasteiger partial charge on any atom is 0.227 e. The van der Waals surface area contributed by atoms with Gasteiger partial charge in [0.05, 0.1) is 24.7 Å². The molecule has 0 bridgehead atoms. The predicted octanol–water partition coefficient (Wildman–Crippen LogP) is 2.06. The standard InChI is InChI=1S/C20H24N6O/c1-14-11-25(20(27)10-17-12-24(3)23-15(17)2)13-19-22-21-18(26(14)19)9-16-7-5-4-6-8-16/h4-8,12,14H,9-11,13H2,1-3H3/t14-/m0/s1. The minimum absolute atomic E-state index is 0.108. The van der Waals surface area contributed by atoms with E-state index in [0.29, 0.717) is 19.5 Å². The van der Waals surface area contributed by atoms with Gasteiger partial charge in [-0.1, -0.05) is 30.3 Å². The largest absolute Gasteiger partial charge is 0.333 e. The molecule has 140 valence electrons. The predicted molar refractivity (Wildman–Crippen MR) is 101 cm³/mol. The van der Waals surface area contributed by atoms with Gasteiger partial charge < -0.3 is 9.47 Å². The van der Waals surface area contributed by atoms with Crippen molar-refractivity contribution in [1.29, 1.82) is 0 Å². The van der Waals surface area contributed by atoms with E-state index < -0.39 is 0 Å². The van der Waals surface area contributed by atoms with E-state index in [1.165, 1.54) is 5.56 Å². The van der Waals surface area contributed by atoms with Crippen LogP contribution < -0.4 is 0 Å². The van der Waals surface area contributed by atoms with Gasteiger partial charge in [0, 0.05) is 31.8 Å². The number of benzene rings is 1.